The van der Waals surface area contributed by atoms with Crippen LogP contribution in [-0.4, -0.2) is 17.9 Å². The molecular formula is C18H21N3O3. The highest BCUT2D eigenvalue weighted by Crippen LogP contribution is 2.30. The van der Waals surface area contributed by atoms with Crippen LogP contribution in [0, 0.1) is 0 Å². The fourth-order valence-corrected chi connectivity index (χ4v) is 3.02. The minimum atomic E-state index is -0.651. The first kappa shape index (κ1) is 16.1. The van der Waals surface area contributed by atoms with E-state index in [0.717, 1.165) is 30.5 Å². The van der Waals surface area contributed by atoms with Crippen molar-refractivity contribution in [2.75, 3.05) is 5.73 Å². The number of hydrogen-bond acceptors (Lipinski definition) is 4. The number of benzene rings is 1. The summed E-state index contributed by atoms with van der Waals surface area (Å²) in [5.41, 5.74) is 8.85. The average Bonchev–Trinajstić information content (AvgIpc) is 3.09. The summed E-state index contributed by atoms with van der Waals surface area (Å²) in [6.07, 6.45) is 4.26. The van der Waals surface area contributed by atoms with Crippen LogP contribution in [0.1, 0.15) is 47.5 Å². The molecule has 0 fully saturated rings. The number of anilines is 1. The minimum Gasteiger partial charge on any atom is -0.459 e. The molecule has 1 heterocycles. The predicted molar refractivity (Wildman–Crippen MR) is 90.3 cm³/mol. The number of amides is 2. The number of nitrogens with two attached hydrogens (primary N) is 1. The highest BCUT2D eigenvalue weighted by atomic mass is 16.3. The Bertz CT molecular complexity index is 740. The van der Waals surface area contributed by atoms with Gasteiger partial charge in [0, 0.05) is 5.69 Å². The van der Waals surface area contributed by atoms with Crippen LogP contribution in [-0.2, 0) is 11.2 Å². The second-order valence-corrected chi connectivity index (χ2v) is 6.08. The molecule has 2 atom stereocenters. The summed E-state index contributed by atoms with van der Waals surface area (Å²) in [5, 5.41) is 5.66. The molecule has 2 unspecified atom stereocenters. The molecule has 2 amide bonds. The van der Waals surface area contributed by atoms with E-state index in [1.165, 1.54) is 11.8 Å². The van der Waals surface area contributed by atoms with Crippen LogP contribution in [0.3, 0.4) is 0 Å². The van der Waals surface area contributed by atoms with E-state index in [1.54, 1.807) is 19.1 Å². The molecule has 1 aromatic carbocycles. The lowest BCUT2D eigenvalue weighted by molar-refractivity contribution is -0.123. The second kappa shape index (κ2) is 6.78. The zero-order valence-electron chi connectivity index (χ0n) is 13.5. The molecule has 1 aliphatic carbocycles. The molecule has 0 saturated heterocycles. The number of fused-ring (bicyclic) bond motifs is 1. The maximum atomic E-state index is 12.4. The largest absolute Gasteiger partial charge is 0.459 e. The predicted octanol–water partition coefficient (Wildman–Crippen LogP) is 2.17. The molecule has 3 rings (SSSR count). The first-order chi connectivity index (χ1) is 11.5. The van der Waals surface area contributed by atoms with Crippen molar-refractivity contribution < 1.29 is 14.0 Å². The first-order valence-corrected chi connectivity index (χ1v) is 8.07. The summed E-state index contributed by atoms with van der Waals surface area (Å²) >= 11 is 0. The van der Waals surface area contributed by atoms with E-state index >= 15 is 0 Å². The third-order valence-electron chi connectivity index (χ3n) is 4.28. The van der Waals surface area contributed by atoms with Crippen molar-refractivity contribution in [1.82, 2.24) is 10.6 Å². The Morgan fingerprint density at radius 1 is 1.33 bits per heavy atom. The highest BCUT2D eigenvalue weighted by Gasteiger charge is 2.25. The number of aryl methyl sites for hydroxylation is 1. The van der Waals surface area contributed by atoms with E-state index in [0.29, 0.717) is 0 Å². The van der Waals surface area contributed by atoms with Crippen LogP contribution >= 0.6 is 0 Å². The molecule has 24 heavy (non-hydrogen) atoms. The SMILES string of the molecule is CC(NC(=O)c1ccco1)C(=O)NC1CCCc2cc(N)ccc21. The van der Waals surface area contributed by atoms with Gasteiger partial charge in [-0.3, -0.25) is 9.59 Å². The van der Waals surface area contributed by atoms with Gasteiger partial charge < -0.3 is 20.8 Å². The van der Waals surface area contributed by atoms with Crippen molar-refractivity contribution in [2.45, 2.75) is 38.3 Å². The standard InChI is InChI=1S/C18H21N3O3/c1-11(20-18(23)16-6-3-9-24-16)17(22)21-15-5-2-4-12-10-13(19)7-8-14(12)15/h3,6-11,15H,2,4-5,19H2,1H3,(H,20,23)(H,21,22). The van der Waals surface area contributed by atoms with Crippen LogP contribution in [0.2, 0.25) is 0 Å². The summed E-state index contributed by atoms with van der Waals surface area (Å²) in [6, 6.07) is 8.28. The van der Waals surface area contributed by atoms with Gasteiger partial charge in [0.25, 0.3) is 5.91 Å². The molecule has 4 N–H and O–H groups in total. The lowest BCUT2D eigenvalue weighted by atomic mass is 9.87. The minimum absolute atomic E-state index is 0.0511. The Labute approximate surface area is 140 Å². The van der Waals surface area contributed by atoms with Crippen LogP contribution in [0.5, 0.6) is 0 Å². The average molecular weight is 327 g/mol. The van der Waals surface area contributed by atoms with Gasteiger partial charge in [0.05, 0.1) is 12.3 Å². The van der Waals surface area contributed by atoms with E-state index in [4.69, 9.17) is 10.2 Å². The zero-order valence-corrected chi connectivity index (χ0v) is 13.5. The van der Waals surface area contributed by atoms with Gasteiger partial charge in [-0.15, -0.1) is 0 Å². The summed E-state index contributed by atoms with van der Waals surface area (Å²) < 4.78 is 5.03. The van der Waals surface area contributed by atoms with E-state index < -0.39 is 11.9 Å². The van der Waals surface area contributed by atoms with Crippen molar-refractivity contribution in [1.29, 1.82) is 0 Å². The smallest absolute Gasteiger partial charge is 0.287 e. The molecule has 0 aliphatic heterocycles. The van der Waals surface area contributed by atoms with Gasteiger partial charge in [-0.05, 0) is 61.6 Å². The van der Waals surface area contributed by atoms with Crippen LogP contribution in [0.25, 0.3) is 0 Å². The van der Waals surface area contributed by atoms with Crippen molar-refractivity contribution in [3.05, 3.63) is 53.5 Å². The Morgan fingerprint density at radius 3 is 2.92 bits per heavy atom. The molecule has 0 saturated carbocycles. The van der Waals surface area contributed by atoms with Crippen molar-refractivity contribution in [3.8, 4) is 0 Å². The van der Waals surface area contributed by atoms with E-state index in [9.17, 15) is 9.59 Å². The molecular weight excluding hydrogens is 306 g/mol. The molecule has 2 aromatic rings. The highest BCUT2D eigenvalue weighted by molar-refractivity contribution is 5.95. The summed E-state index contributed by atoms with van der Waals surface area (Å²) in [4.78, 5) is 24.4. The Balaban J connectivity index is 1.64. The molecule has 0 radical (unpaired) electrons. The van der Waals surface area contributed by atoms with Crippen molar-refractivity contribution >= 4 is 17.5 Å². The Morgan fingerprint density at radius 2 is 2.17 bits per heavy atom. The number of rotatable bonds is 4. The van der Waals surface area contributed by atoms with Gasteiger partial charge in [0.2, 0.25) is 5.91 Å². The summed E-state index contributed by atoms with van der Waals surface area (Å²) in [5.74, 6) is -0.433. The maximum absolute atomic E-state index is 12.4. The fraction of sp³-hybridized carbons (Fsp3) is 0.333. The normalized spacial score (nSPS) is 17.6. The summed E-state index contributed by atoms with van der Waals surface area (Å²) in [6.45, 7) is 1.66. The quantitative estimate of drug-likeness (QED) is 0.750. The van der Waals surface area contributed by atoms with E-state index in [-0.39, 0.29) is 17.7 Å². The Hall–Kier alpha value is -2.76. The third-order valence-corrected chi connectivity index (χ3v) is 4.28. The van der Waals surface area contributed by atoms with E-state index in [1.807, 2.05) is 18.2 Å². The van der Waals surface area contributed by atoms with Crippen molar-refractivity contribution in [3.63, 3.8) is 0 Å². The van der Waals surface area contributed by atoms with Gasteiger partial charge >= 0.3 is 0 Å². The van der Waals surface area contributed by atoms with Gasteiger partial charge in [0.1, 0.15) is 6.04 Å². The number of hydrogen-bond donors (Lipinski definition) is 3. The van der Waals surface area contributed by atoms with E-state index in [2.05, 4.69) is 10.6 Å². The number of furan rings is 1. The van der Waals surface area contributed by atoms with Crippen LogP contribution in [0.4, 0.5) is 5.69 Å². The fourth-order valence-electron chi connectivity index (χ4n) is 3.02. The number of nitrogen functional groups attached to an aromatic ring is 1. The molecule has 1 aromatic heterocycles. The summed E-state index contributed by atoms with van der Waals surface area (Å²) in [7, 11) is 0. The topological polar surface area (TPSA) is 97.4 Å². The molecule has 6 heteroatoms. The Kier molecular flexibility index (Phi) is 4.55. The maximum Gasteiger partial charge on any atom is 0.287 e. The van der Waals surface area contributed by atoms with Crippen molar-refractivity contribution in [2.24, 2.45) is 0 Å². The molecule has 6 nitrogen and oxygen atoms in total. The molecule has 0 spiro atoms. The third kappa shape index (κ3) is 3.42. The van der Waals surface area contributed by atoms with Gasteiger partial charge in [-0.1, -0.05) is 6.07 Å². The number of carbonyl (C=O) groups is 2. The zero-order chi connectivity index (χ0) is 17.1. The van der Waals surface area contributed by atoms with Gasteiger partial charge in [-0.2, -0.15) is 0 Å². The molecule has 0 bridgehead atoms. The lowest BCUT2D eigenvalue weighted by Crippen LogP contribution is -2.46. The van der Waals surface area contributed by atoms with Crippen LogP contribution in [0.15, 0.2) is 41.0 Å². The van der Waals surface area contributed by atoms with Gasteiger partial charge in [-0.25, -0.2) is 0 Å². The lowest BCUT2D eigenvalue weighted by Gasteiger charge is -2.28. The first-order valence-electron chi connectivity index (χ1n) is 8.07. The second-order valence-electron chi connectivity index (χ2n) is 6.08. The van der Waals surface area contributed by atoms with Gasteiger partial charge in [0.15, 0.2) is 5.76 Å². The number of carbonyl (C=O) groups excluding carboxylic acids is 2. The number of nitrogens with one attached hydrogen (secondary N) is 2. The molecule has 1 aliphatic rings. The van der Waals surface area contributed by atoms with Crippen LogP contribution < -0.4 is 16.4 Å². The molecule has 126 valence electrons. The monoisotopic (exact) mass is 327 g/mol.